The second-order valence-electron chi connectivity index (χ2n) is 7.14. The molecule has 1 fully saturated rings. The van der Waals surface area contributed by atoms with Crippen LogP contribution in [0, 0.1) is 11.6 Å². The number of fused-ring (bicyclic) bond motifs is 1. The normalized spacial score (nSPS) is 17.7. The van der Waals surface area contributed by atoms with Crippen molar-refractivity contribution >= 4 is 16.9 Å². The summed E-state index contributed by atoms with van der Waals surface area (Å²) < 4.78 is 33.0. The van der Waals surface area contributed by atoms with Crippen LogP contribution in [-0.4, -0.2) is 35.1 Å². The predicted octanol–water partition coefficient (Wildman–Crippen LogP) is 3.43. The highest BCUT2D eigenvalue weighted by molar-refractivity contribution is 5.86. The molecule has 1 aliphatic rings. The standard InChI is InChI=1S/C21H21F2N3O2/c22-17-7-3-8-18(23)16(17)13-26-10-4-5-14(12-26)24-21(27)11-19-15-6-1-2-9-20(15)28-25-19/h1-3,6-9,14H,4-5,10-13H2,(H,24,27). The van der Waals surface area contributed by atoms with Gasteiger partial charge in [0.1, 0.15) is 17.3 Å². The van der Waals surface area contributed by atoms with Crippen LogP contribution in [0.4, 0.5) is 8.78 Å². The van der Waals surface area contributed by atoms with Crippen LogP contribution in [0.15, 0.2) is 47.0 Å². The Morgan fingerprint density at radius 1 is 1.18 bits per heavy atom. The highest BCUT2D eigenvalue weighted by Crippen LogP contribution is 2.20. The van der Waals surface area contributed by atoms with Crippen molar-refractivity contribution in [1.29, 1.82) is 0 Å². The maximum atomic E-state index is 13.9. The van der Waals surface area contributed by atoms with Crippen molar-refractivity contribution in [1.82, 2.24) is 15.4 Å². The van der Waals surface area contributed by atoms with Crippen molar-refractivity contribution in [2.24, 2.45) is 0 Å². The first-order valence-electron chi connectivity index (χ1n) is 9.38. The van der Waals surface area contributed by atoms with Crippen molar-refractivity contribution in [3.05, 3.63) is 65.4 Å². The molecule has 7 heteroatoms. The first-order valence-corrected chi connectivity index (χ1v) is 9.38. The minimum absolute atomic E-state index is 0.0609. The van der Waals surface area contributed by atoms with E-state index in [2.05, 4.69) is 10.5 Å². The van der Waals surface area contributed by atoms with Crippen LogP contribution < -0.4 is 5.32 Å². The number of rotatable bonds is 5. The largest absolute Gasteiger partial charge is 0.356 e. The Morgan fingerprint density at radius 2 is 1.96 bits per heavy atom. The van der Waals surface area contributed by atoms with Crippen molar-refractivity contribution in [2.45, 2.75) is 31.8 Å². The van der Waals surface area contributed by atoms with Crippen LogP contribution in [0.25, 0.3) is 11.0 Å². The smallest absolute Gasteiger partial charge is 0.226 e. The van der Waals surface area contributed by atoms with Crippen LogP contribution >= 0.6 is 0 Å². The van der Waals surface area contributed by atoms with Crippen molar-refractivity contribution in [2.75, 3.05) is 13.1 Å². The van der Waals surface area contributed by atoms with E-state index in [1.54, 1.807) is 0 Å². The topological polar surface area (TPSA) is 58.4 Å². The minimum Gasteiger partial charge on any atom is -0.356 e. The van der Waals surface area contributed by atoms with Crippen molar-refractivity contribution in [3.63, 3.8) is 0 Å². The molecule has 0 radical (unpaired) electrons. The number of aromatic nitrogens is 1. The molecular formula is C21H21F2N3O2. The molecule has 5 nitrogen and oxygen atoms in total. The number of halogens is 2. The van der Waals surface area contributed by atoms with Gasteiger partial charge in [0.15, 0.2) is 5.58 Å². The van der Waals surface area contributed by atoms with E-state index in [0.717, 1.165) is 24.8 Å². The average molecular weight is 385 g/mol. The Labute approximate surface area is 161 Å². The monoisotopic (exact) mass is 385 g/mol. The molecule has 1 saturated heterocycles. The van der Waals surface area contributed by atoms with E-state index in [4.69, 9.17) is 4.52 Å². The van der Waals surface area contributed by atoms with Gasteiger partial charge in [0.25, 0.3) is 0 Å². The van der Waals surface area contributed by atoms with Gasteiger partial charge in [-0.3, -0.25) is 9.69 Å². The fraction of sp³-hybridized carbons (Fsp3) is 0.333. The van der Waals surface area contributed by atoms with Crippen LogP contribution in [0.5, 0.6) is 0 Å². The fourth-order valence-electron chi connectivity index (χ4n) is 3.72. The maximum absolute atomic E-state index is 13.9. The van der Waals surface area contributed by atoms with Crippen molar-refractivity contribution < 1.29 is 18.1 Å². The van der Waals surface area contributed by atoms with Gasteiger partial charge >= 0.3 is 0 Å². The van der Waals surface area contributed by atoms with Gasteiger partial charge < -0.3 is 9.84 Å². The molecule has 1 aliphatic heterocycles. The summed E-state index contributed by atoms with van der Waals surface area (Å²) in [6, 6.07) is 11.3. The zero-order chi connectivity index (χ0) is 19.5. The molecule has 0 aliphatic carbocycles. The van der Waals surface area contributed by atoms with Crippen LogP contribution in [0.2, 0.25) is 0 Å². The van der Waals surface area contributed by atoms with Gasteiger partial charge in [-0.1, -0.05) is 23.4 Å². The van der Waals surface area contributed by atoms with Gasteiger partial charge in [-0.15, -0.1) is 0 Å². The molecule has 2 heterocycles. The Hall–Kier alpha value is -2.80. The number of piperidine rings is 1. The lowest BCUT2D eigenvalue weighted by molar-refractivity contribution is -0.121. The van der Waals surface area contributed by atoms with E-state index in [0.29, 0.717) is 17.8 Å². The maximum Gasteiger partial charge on any atom is 0.226 e. The number of hydrogen-bond donors (Lipinski definition) is 1. The molecule has 1 unspecified atom stereocenters. The number of nitrogens with zero attached hydrogens (tertiary/aromatic N) is 2. The Bertz CT molecular complexity index is 968. The molecule has 1 aromatic heterocycles. The van der Waals surface area contributed by atoms with E-state index >= 15 is 0 Å². The summed E-state index contributed by atoms with van der Waals surface area (Å²) in [4.78, 5) is 14.4. The molecule has 1 N–H and O–H groups in total. The van der Waals surface area contributed by atoms with Gasteiger partial charge in [0.05, 0.1) is 6.42 Å². The lowest BCUT2D eigenvalue weighted by atomic mass is 10.0. The van der Waals surface area contributed by atoms with Gasteiger partial charge in [-0.2, -0.15) is 0 Å². The molecular weight excluding hydrogens is 364 g/mol. The lowest BCUT2D eigenvalue weighted by Gasteiger charge is -2.33. The highest BCUT2D eigenvalue weighted by Gasteiger charge is 2.24. The van der Waals surface area contributed by atoms with E-state index < -0.39 is 11.6 Å². The third-order valence-electron chi connectivity index (χ3n) is 5.09. The van der Waals surface area contributed by atoms with Gasteiger partial charge in [0.2, 0.25) is 5.91 Å². The number of benzene rings is 2. The second kappa shape index (κ2) is 8.06. The Kier molecular flexibility index (Phi) is 5.34. The third kappa shape index (κ3) is 4.04. The highest BCUT2D eigenvalue weighted by atomic mass is 19.1. The second-order valence-corrected chi connectivity index (χ2v) is 7.14. The number of hydrogen-bond acceptors (Lipinski definition) is 4. The summed E-state index contributed by atoms with van der Waals surface area (Å²) in [5.74, 6) is -1.21. The van der Waals surface area contributed by atoms with Crippen molar-refractivity contribution in [3.8, 4) is 0 Å². The SMILES string of the molecule is O=C(Cc1noc2ccccc12)NC1CCCN(Cc2c(F)cccc2F)C1. The third-order valence-corrected chi connectivity index (χ3v) is 5.09. The van der Waals surface area contributed by atoms with Gasteiger partial charge in [-0.05, 0) is 43.7 Å². The number of carbonyl (C=O) groups excluding carboxylic acids is 1. The molecule has 4 rings (SSSR count). The molecule has 0 spiro atoms. The quantitative estimate of drug-likeness (QED) is 0.731. The van der Waals surface area contributed by atoms with Gasteiger partial charge in [-0.25, -0.2) is 8.78 Å². The first kappa shape index (κ1) is 18.6. The molecule has 0 saturated carbocycles. The van der Waals surface area contributed by atoms with E-state index in [1.165, 1.54) is 18.2 Å². The zero-order valence-corrected chi connectivity index (χ0v) is 15.3. The summed E-state index contributed by atoms with van der Waals surface area (Å²) in [5.41, 5.74) is 1.33. The van der Waals surface area contributed by atoms with E-state index in [-0.39, 0.29) is 30.5 Å². The zero-order valence-electron chi connectivity index (χ0n) is 15.3. The molecule has 1 atom stereocenters. The number of amides is 1. The lowest BCUT2D eigenvalue weighted by Crippen LogP contribution is -2.47. The molecule has 1 amide bonds. The summed E-state index contributed by atoms with van der Waals surface area (Å²) in [5, 5.41) is 7.84. The molecule has 0 bridgehead atoms. The fourth-order valence-corrected chi connectivity index (χ4v) is 3.72. The first-order chi connectivity index (χ1) is 13.6. The summed E-state index contributed by atoms with van der Waals surface area (Å²) in [7, 11) is 0. The number of likely N-dealkylation sites (tertiary alicyclic amines) is 1. The van der Waals surface area contributed by atoms with Gasteiger partial charge in [0, 0.05) is 30.1 Å². The Balaban J connectivity index is 1.36. The number of carbonyl (C=O) groups is 1. The van der Waals surface area contributed by atoms with Crippen LogP contribution in [0.1, 0.15) is 24.1 Å². The molecule has 28 heavy (non-hydrogen) atoms. The summed E-state index contributed by atoms with van der Waals surface area (Å²) in [6.07, 6.45) is 1.82. The molecule has 3 aromatic rings. The number of nitrogens with one attached hydrogen (secondary N) is 1. The Morgan fingerprint density at radius 3 is 2.79 bits per heavy atom. The predicted molar refractivity (Wildman–Crippen MR) is 101 cm³/mol. The summed E-state index contributed by atoms with van der Waals surface area (Å²) in [6.45, 7) is 1.49. The average Bonchev–Trinajstić information content (AvgIpc) is 3.08. The van der Waals surface area contributed by atoms with Crippen LogP contribution in [0.3, 0.4) is 0 Å². The van der Waals surface area contributed by atoms with Crippen LogP contribution in [-0.2, 0) is 17.8 Å². The minimum atomic E-state index is -0.538. The summed E-state index contributed by atoms with van der Waals surface area (Å²) >= 11 is 0. The van der Waals surface area contributed by atoms with E-state index in [9.17, 15) is 13.6 Å². The molecule has 146 valence electrons. The molecule has 2 aromatic carbocycles. The number of para-hydroxylation sites is 1. The van der Waals surface area contributed by atoms with E-state index in [1.807, 2.05) is 29.2 Å².